The molecule has 0 radical (unpaired) electrons. The number of benzene rings is 1. The van der Waals surface area contributed by atoms with Gasteiger partial charge in [-0.1, -0.05) is 37.6 Å². The van der Waals surface area contributed by atoms with Crippen LogP contribution in [0.4, 0.5) is 0 Å². The number of hydrogen-bond acceptors (Lipinski definition) is 2. The zero-order chi connectivity index (χ0) is 10.8. The largest absolute Gasteiger partial charge is 0.443 e. The van der Waals surface area contributed by atoms with Gasteiger partial charge in [0.15, 0.2) is 12.2 Å². The highest BCUT2D eigenvalue weighted by molar-refractivity contribution is 6.33. The van der Waals surface area contributed by atoms with Gasteiger partial charge in [-0.3, -0.25) is 0 Å². The third kappa shape index (κ3) is 1.90. The highest BCUT2D eigenvalue weighted by Crippen LogP contribution is 2.32. The number of oxazole rings is 1. The summed E-state index contributed by atoms with van der Waals surface area (Å²) in [4.78, 5) is 4.21. The zero-order valence-electron chi connectivity index (χ0n) is 8.70. The van der Waals surface area contributed by atoms with Crippen molar-refractivity contribution in [1.82, 2.24) is 4.98 Å². The Morgan fingerprint density at radius 2 is 2.00 bits per heavy atom. The van der Waals surface area contributed by atoms with E-state index in [9.17, 15) is 0 Å². The lowest BCUT2D eigenvalue weighted by Crippen LogP contribution is -1.90. The molecule has 0 saturated heterocycles. The van der Waals surface area contributed by atoms with Gasteiger partial charge in [0.2, 0.25) is 0 Å². The quantitative estimate of drug-likeness (QED) is 0.763. The molecule has 1 heterocycles. The van der Waals surface area contributed by atoms with Crippen molar-refractivity contribution in [1.29, 1.82) is 0 Å². The molecule has 0 bridgehead atoms. The van der Waals surface area contributed by atoms with E-state index in [1.54, 1.807) is 0 Å². The average molecular weight is 222 g/mol. The summed E-state index contributed by atoms with van der Waals surface area (Å²) < 4.78 is 5.40. The first-order chi connectivity index (χ1) is 7.20. The number of rotatable bonds is 2. The van der Waals surface area contributed by atoms with Gasteiger partial charge >= 0.3 is 0 Å². The summed E-state index contributed by atoms with van der Waals surface area (Å²) >= 11 is 6.10. The van der Waals surface area contributed by atoms with E-state index in [0.717, 1.165) is 17.0 Å². The van der Waals surface area contributed by atoms with Crippen LogP contribution in [0.2, 0.25) is 5.02 Å². The lowest BCUT2D eigenvalue weighted by molar-refractivity contribution is 0.570. The molecule has 3 heteroatoms. The van der Waals surface area contributed by atoms with Gasteiger partial charge in [0.25, 0.3) is 0 Å². The molecule has 0 unspecified atom stereocenters. The number of nitrogens with zero attached hydrogens (tertiary/aromatic N) is 1. The Labute approximate surface area is 93.9 Å². The lowest BCUT2D eigenvalue weighted by Gasteiger charge is -2.05. The molecule has 0 amide bonds. The second kappa shape index (κ2) is 4.07. The molecule has 0 aliphatic heterocycles. The van der Waals surface area contributed by atoms with Gasteiger partial charge in [-0.25, -0.2) is 4.98 Å². The SMILES string of the molecule is CC(C)c1ncoc1-c1ccccc1Cl. The van der Waals surface area contributed by atoms with Crippen molar-refractivity contribution in [3.63, 3.8) is 0 Å². The molecule has 15 heavy (non-hydrogen) atoms. The minimum absolute atomic E-state index is 0.329. The maximum Gasteiger partial charge on any atom is 0.181 e. The van der Waals surface area contributed by atoms with Crippen LogP contribution in [-0.2, 0) is 0 Å². The first kappa shape index (κ1) is 10.2. The smallest absolute Gasteiger partial charge is 0.181 e. The Balaban J connectivity index is 2.55. The number of halogens is 1. The van der Waals surface area contributed by atoms with Crippen molar-refractivity contribution in [2.45, 2.75) is 19.8 Å². The minimum Gasteiger partial charge on any atom is -0.443 e. The molecule has 0 aliphatic carbocycles. The zero-order valence-corrected chi connectivity index (χ0v) is 9.45. The van der Waals surface area contributed by atoms with Crippen molar-refractivity contribution in [2.24, 2.45) is 0 Å². The molecule has 1 aromatic carbocycles. The summed E-state index contributed by atoms with van der Waals surface area (Å²) in [5.41, 5.74) is 1.85. The highest BCUT2D eigenvalue weighted by atomic mass is 35.5. The maximum absolute atomic E-state index is 6.10. The Bertz CT molecular complexity index is 462. The van der Waals surface area contributed by atoms with Gasteiger partial charge < -0.3 is 4.42 Å². The fourth-order valence-corrected chi connectivity index (χ4v) is 1.73. The summed E-state index contributed by atoms with van der Waals surface area (Å²) in [5, 5.41) is 0.691. The van der Waals surface area contributed by atoms with Crippen LogP contribution < -0.4 is 0 Å². The topological polar surface area (TPSA) is 26.0 Å². The fourth-order valence-electron chi connectivity index (χ4n) is 1.51. The van der Waals surface area contributed by atoms with E-state index in [2.05, 4.69) is 18.8 Å². The van der Waals surface area contributed by atoms with E-state index >= 15 is 0 Å². The van der Waals surface area contributed by atoms with E-state index in [0.29, 0.717) is 10.9 Å². The standard InChI is InChI=1S/C12H12ClNO/c1-8(2)11-12(15-7-14-11)9-5-3-4-6-10(9)13/h3-8H,1-2H3. The molecule has 0 aliphatic rings. The summed E-state index contributed by atoms with van der Waals surface area (Å²) in [6.45, 7) is 4.16. The number of hydrogen-bond donors (Lipinski definition) is 0. The molecular weight excluding hydrogens is 210 g/mol. The van der Waals surface area contributed by atoms with Crippen molar-refractivity contribution in [3.8, 4) is 11.3 Å². The summed E-state index contributed by atoms with van der Waals surface area (Å²) in [6, 6.07) is 7.63. The van der Waals surface area contributed by atoms with Crippen LogP contribution in [0.15, 0.2) is 35.1 Å². The summed E-state index contributed by atoms with van der Waals surface area (Å²) in [5.74, 6) is 1.10. The van der Waals surface area contributed by atoms with Gasteiger partial charge in [0, 0.05) is 5.56 Å². The molecule has 2 aromatic rings. The van der Waals surface area contributed by atoms with Gasteiger partial charge in [-0.15, -0.1) is 0 Å². The second-order valence-corrected chi connectivity index (χ2v) is 4.11. The van der Waals surface area contributed by atoms with Crippen LogP contribution in [0.25, 0.3) is 11.3 Å². The van der Waals surface area contributed by atoms with Crippen LogP contribution in [-0.4, -0.2) is 4.98 Å². The van der Waals surface area contributed by atoms with Crippen LogP contribution in [0.5, 0.6) is 0 Å². The van der Waals surface area contributed by atoms with E-state index in [-0.39, 0.29) is 0 Å². The van der Waals surface area contributed by atoms with Gasteiger partial charge in [-0.2, -0.15) is 0 Å². The number of aromatic nitrogens is 1. The lowest BCUT2D eigenvalue weighted by atomic mass is 10.0. The molecule has 0 atom stereocenters. The van der Waals surface area contributed by atoms with Crippen molar-refractivity contribution < 1.29 is 4.42 Å². The van der Waals surface area contributed by atoms with Crippen LogP contribution in [0.1, 0.15) is 25.5 Å². The molecule has 1 aromatic heterocycles. The van der Waals surface area contributed by atoms with Crippen LogP contribution >= 0.6 is 11.6 Å². The second-order valence-electron chi connectivity index (χ2n) is 3.70. The Hall–Kier alpha value is -1.28. The third-order valence-corrected chi connectivity index (χ3v) is 2.59. The Morgan fingerprint density at radius 1 is 1.27 bits per heavy atom. The monoisotopic (exact) mass is 221 g/mol. The van der Waals surface area contributed by atoms with Crippen LogP contribution in [0.3, 0.4) is 0 Å². The molecule has 0 N–H and O–H groups in total. The molecule has 2 rings (SSSR count). The summed E-state index contributed by atoms with van der Waals surface area (Å²) in [6.07, 6.45) is 1.47. The summed E-state index contributed by atoms with van der Waals surface area (Å²) in [7, 11) is 0. The molecular formula is C12H12ClNO. The normalized spacial score (nSPS) is 10.9. The third-order valence-electron chi connectivity index (χ3n) is 2.26. The fraction of sp³-hybridized carbons (Fsp3) is 0.250. The molecule has 2 nitrogen and oxygen atoms in total. The Morgan fingerprint density at radius 3 is 2.67 bits per heavy atom. The highest BCUT2D eigenvalue weighted by Gasteiger charge is 2.15. The van der Waals surface area contributed by atoms with E-state index in [1.165, 1.54) is 6.39 Å². The van der Waals surface area contributed by atoms with Crippen molar-refractivity contribution in [3.05, 3.63) is 41.4 Å². The first-order valence-corrected chi connectivity index (χ1v) is 5.26. The predicted octanol–water partition coefficient (Wildman–Crippen LogP) is 4.12. The van der Waals surface area contributed by atoms with E-state index in [1.807, 2.05) is 24.3 Å². The van der Waals surface area contributed by atoms with Gasteiger partial charge in [0.05, 0.1) is 10.7 Å². The maximum atomic E-state index is 6.10. The van der Waals surface area contributed by atoms with Crippen molar-refractivity contribution >= 4 is 11.6 Å². The molecule has 0 saturated carbocycles. The van der Waals surface area contributed by atoms with E-state index in [4.69, 9.17) is 16.0 Å². The molecule has 0 fully saturated rings. The first-order valence-electron chi connectivity index (χ1n) is 4.88. The predicted molar refractivity (Wildman–Crippen MR) is 61.0 cm³/mol. The minimum atomic E-state index is 0.329. The molecule has 0 spiro atoms. The van der Waals surface area contributed by atoms with Crippen molar-refractivity contribution in [2.75, 3.05) is 0 Å². The van der Waals surface area contributed by atoms with Gasteiger partial charge in [-0.05, 0) is 18.1 Å². The van der Waals surface area contributed by atoms with Gasteiger partial charge in [0.1, 0.15) is 0 Å². The van der Waals surface area contributed by atoms with Crippen LogP contribution in [0, 0.1) is 0 Å². The Kier molecular flexibility index (Phi) is 2.78. The average Bonchev–Trinajstić information content (AvgIpc) is 2.67. The van der Waals surface area contributed by atoms with E-state index < -0.39 is 0 Å². The molecule has 78 valence electrons.